The molecule has 1 aromatic heterocycles. The van der Waals surface area contributed by atoms with E-state index in [0.717, 1.165) is 5.46 Å². The van der Waals surface area contributed by atoms with Crippen LogP contribution in [0.5, 0.6) is 0 Å². The fraction of sp³-hybridized carbons (Fsp3) is 0.0526. The van der Waals surface area contributed by atoms with Crippen LogP contribution < -0.4 is 5.46 Å². The van der Waals surface area contributed by atoms with Crippen LogP contribution in [0.15, 0.2) is 60.7 Å². The summed E-state index contributed by atoms with van der Waals surface area (Å²) >= 11 is 1.86. The molecule has 0 spiro atoms. The van der Waals surface area contributed by atoms with Crippen LogP contribution in [0.25, 0.3) is 31.3 Å². The molecule has 2 radical (unpaired) electrons. The molecule has 0 saturated heterocycles. The maximum atomic E-state index is 5.81. The van der Waals surface area contributed by atoms with Gasteiger partial charge in [-0.05, 0) is 41.8 Å². The highest BCUT2D eigenvalue weighted by Crippen LogP contribution is 2.40. The summed E-state index contributed by atoms with van der Waals surface area (Å²) < 4.78 is 2.70. The molecular weight excluding hydrogens is 271 g/mol. The van der Waals surface area contributed by atoms with Crippen LogP contribution in [0.2, 0.25) is 0 Å². The van der Waals surface area contributed by atoms with E-state index in [2.05, 4.69) is 55.5 Å². The lowest BCUT2D eigenvalue weighted by Gasteiger charge is -2.06. The Balaban J connectivity index is 2.10. The average molecular weight is 284 g/mol. The Bertz CT molecular complexity index is 949. The van der Waals surface area contributed by atoms with Crippen molar-refractivity contribution in [1.29, 1.82) is 0 Å². The lowest BCUT2D eigenvalue weighted by molar-refractivity contribution is 1.51. The van der Waals surface area contributed by atoms with Gasteiger partial charge in [0.2, 0.25) is 0 Å². The monoisotopic (exact) mass is 284 g/mol. The van der Waals surface area contributed by atoms with Gasteiger partial charge >= 0.3 is 0 Å². The maximum Gasteiger partial charge on any atom is 0.113 e. The molecule has 4 aromatic rings. The fourth-order valence-corrected chi connectivity index (χ4v) is 4.07. The molecule has 0 bridgehead atoms. The molecule has 2 heteroatoms. The second-order valence-electron chi connectivity index (χ2n) is 5.41. The van der Waals surface area contributed by atoms with E-state index >= 15 is 0 Å². The average Bonchev–Trinajstić information content (AvgIpc) is 2.86. The lowest BCUT2D eigenvalue weighted by Crippen LogP contribution is -1.99. The maximum absolute atomic E-state index is 5.81. The first-order valence-corrected chi connectivity index (χ1v) is 7.82. The number of thiophene rings is 1. The van der Waals surface area contributed by atoms with Gasteiger partial charge in [0.15, 0.2) is 0 Å². The molecule has 0 aliphatic rings. The SMILES string of the molecule is [B]c1ccc(-c2cc(C)cc3c2sc2ccccc23)cc1. The minimum Gasteiger partial charge on any atom is -0.135 e. The van der Waals surface area contributed by atoms with Crippen molar-refractivity contribution in [2.45, 2.75) is 6.92 Å². The molecule has 0 aliphatic carbocycles. The minimum atomic E-state index is 0.805. The highest BCUT2D eigenvalue weighted by Gasteiger charge is 2.10. The first-order valence-electron chi connectivity index (χ1n) is 7.00. The van der Waals surface area contributed by atoms with Crippen molar-refractivity contribution in [2.75, 3.05) is 0 Å². The number of fused-ring (bicyclic) bond motifs is 3. The molecule has 4 rings (SSSR count). The molecule has 0 N–H and O–H groups in total. The summed E-state index contributed by atoms with van der Waals surface area (Å²) in [4.78, 5) is 0. The second-order valence-corrected chi connectivity index (χ2v) is 6.46. The fourth-order valence-electron chi connectivity index (χ4n) is 2.85. The third-order valence-electron chi connectivity index (χ3n) is 3.84. The Morgan fingerprint density at radius 2 is 1.62 bits per heavy atom. The summed E-state index contributed by atoms with van der Waals surface area (Å²) in [7, 11) is 5.81. The molecule has 0 fully saturated rings. The molecule has 98 valence electrons. The highest BCUT2D eigenvalue weighted by atomic mass is 32.1. The number of aryl methyl sites for hydroxylation is 1. The zero-order valence-corrected chi connectivity index (χ0v) is 12.6. The van der Waals surface area contributed by atoms with Crippen molar-refractivity contribution in [2.24, 2.45) is 0 Å². The van der Waals surface area contributed by atoms with Gasteiger partial charge in [0.1, 0.15) is 7.85 Å². The minimum absolute atomic E-state index is 0.805. The zero-order chi connectivity index (χ0) is 14.4. The number of benzene rings is 3. The molecule has 0 unspecified atom stereocenters. The molecule has 0 aliphatic heterocycles. The standard InChI is InChI=1S/C19H13BS/c1-12-10-16(13-6-8-14(20)9-7-13)19-17(11-12)15-4-2-3-5-18(15)21-19/h2-11H,1H3. The Hall–Kier alpha value is -2.06. The Morgan fingerprint density at radius 1 is 0.857 bits per heavy atom. The zero-order valence-electron chi connectivity index (χ0n) is 11.8. The van der Waals surface area contributed by atoms with Gasteiger partial charge < -0.3 is 0 Å². The molecule has 0 nitrogen and oxygen atoms in total. The molecule has 21 heavy (non-hydrogen) atoms. The van der Waals surface area contributed by atoms with E-state index in [-0.39, 0.29) is 0 Å². The van der Waals surface area contributed by atoms with Gasteiger partial charge in [-0.25, -0.2) is 0 Å². The van der Waals surface area contributed by atoms with E-state index in [1.807, 2.05) is 23.5 Å². The molecule has 0 saturated carbocycles. The van der Waals surface area contributed by atoms with Crippen LogP contribution in [0, 0.1) is 6.92 Å². The van der Waals surface area contributed by atoms with Crippen molar-refractivity contribution in [3.05, 3.63) is 66.2 Å². The summed E-state index contributed by atoms with van der Waals surface area (Å²) in [6.07, 6.45) is 0. The number of rotatable bonds is 1. The van der Waals surface area contributed by atoms with Crippen LogP contribution in [-0.4, -0.2) is 7.85 Å². The van der Waals surface area contributed by atoms with Crippen molar-refractivity contribution in [3.8, 4) is 11.1 Å². The number of hydrogen-bond donors (Lipinski definition) is 0. The summed E-state index contributed by atoms with van der Waals surface area (Å²) in [5, 5.41) is 2.69. The summed E-state index contributed by atoms with van der Waals surface area (Å²) in [6.45, 7) is 2.16. The topological polar surface area (TPSA) is 0 Å². The summed E-state index contributed by atoms with van der Waals surface area (Å²) in [5.41, 5.74) is 4.62. The van der Waals surface area contributed by atoms with Crippen molar-refractivity contribution in [1.82, 2.24) is 0 Å². The van der Waals surface area contributed by atoms with Gasteiger partial charge in [0.05, 0.1) is 0 Å². The van der Waals surface area contributed by atoms with Crippen LogP contribution in [0.3, 0.4) is 0 Å². The van der Waals surface area contributed by atoms with Gasteiger partial charge in [-0.15, -0.1) is 11.3 Å². The van der Waals surface area contributed by atoms with E-state index in [4.69, 9.17) is 7.85 Å². The molecular formula is C19H13BS. The molecule has 0 amide bonds. The van der Waals surface area contributed by atoms with E-state index < -0.39 is 0 Å². The molecule has 3 aromatic carbocycles. The van der Waals surface area contributed by atoms with Crippen molar-refractivity contribution < 1.29 is 0 Å². The normalized spacial score (nSPS) is 11.3. The predicted octanol–water partition coefficient (Wildman–Crippen LogP) is 4.82. The van der Waals surface area contributed by atoms with Crippen LogP contribution in [0.4, 0.5) is 0 Å². The Morgan fingerprint density at radius 3 is 2.43 bits per heavy atom. The first kappa shape index (κ1) is 12.7. The van der Waals surface area contributed by atoms with Crippen molar-refractivity contribution >= 4 is 44.8 Å². The third kappa shape index (κ3) is 2.07. The Kier molecular flexibility index (Phi) is 2.86. The number of hydrogen-bond acceptors (Lipinski definition) is 1. The summed E-state index contributed by atoms with van der Waals surface area (Å²) in [6, 6.07) is 21.3. The van der Waals surface area contributed by atoms with E-state index in [9.17, 15) is 0 Å². The van der Waals surface area contributed by atoms with E-state index in [1.165, 1.54) is 36.9 Å². The van der Waals surface area contributed by atoms with Crippen LogP contribution >= 0.6 is 11.3 Å². The van der Waals surface area contributed by atoms with Gasteiger partial charge in [-0.1, -0.05) is 47.9 Å². The Labute approximate surface area is 129 Å². The summed E-state index contributed by atoms with van der Waals surface area (Å²) in [5.74, 6) is 0. The van der Waals surface area contributed by atoms with E-state index in [0.29, 0.717) is 0 Å². The lowest BCUT2D eigenvalue weighted by atomic mass is 9.93. The third-order valence-corrected chi connectivity index (χ3v) is 5.06. The van der Waals surface area contributed by atoms with Gasteiger partial charge in [0, 0.05) is 20.2 Å². The smallest absolute Gasteiger partial charge is 0.113 e. The molecule has 0 atom stereocenters. The second kappa shape index (κ2) is 4.75. The van der Waals surface area contributed by atoms with Gasteiger partial charge in [0.25, 0.3) is 0 Å². The van der Waals surface area contributed by atoms with E-state index in [1.54, 1.807) is 0 Å². The van der Waals surface area contributed by atoms with Gasteiger partial charge in [-0.2, -0.15) is 0 Å². The quantitative estimate of drug-likeness (QED) is 0.439. The largest absolute Gasteiger partial charge is 0.135 e. The van der Waals surface area contributed by atoms with Crippen LogP contribution in [-0.2, 0) is 0 Å². The molecule has 1 heterocycles. The van der Waals surface area contributed by atoms with Gasteiger partial charge in [-0.3, -0.25) is 0 Å². The predicted molar refractivity (Wildman–Crippen MR) is 94.9 cm³/mol. The van der Waals surface area contributed by atoms with Crippen molar-refractivity contribution in [3.63, 3.8) is 0 Å². The highest BCUT2D eigenvalue weighted by molar-refractivity contribution is 7.26. The first-order chi connectivity index (χ1) is 10.2. The van der Waals surface area contributed by atoms with Crippen LogP contribution in [0.1, 0.15) is 5.56 Å².